The van der Waals surface area contributed by atoms with E-state index in [4.69, 9.17) is 0 Å². The molecule has 0 unspecified atom stereocenters. The highest BCUT2D eigenvalue weighted by Gasteiger charge is 2.20. The van der Waals surface area contributed by atoms with Gasteiger partial charge in [-0.05, 0) is 34.4 Å². The summed E-state index contributed by atoms with van der Waals surface area (Å²) in [5, 5.41) is 13.9. The number of benzene rings is 1. The Bertz CT molecular complexity index is 464. The quantitative estimate of drug-likeness (QED) is 0.483. The topological polar surface area (TPSA) is 55.2 Å². The minimum absolute atomic E-state index is 0.00728. The van der Waals surface area contributed by atoms with Gasteiger partial charge in [0.2, 0.25) is 0 Å². The van der Waals surface area contributed by atoms with Crippen LogP contribution in [0.5, 0.6) is 0 Å². The third-order valence-electron chi connectivity index (χ3n) is 2.95. The van der Waals surface area contributed by atoms with Crippen LogP contribution in [0.3, 0.4) is 0 Å². The molecule has 0 aliphatic heterocycles. The van der Waals surface area contributed by atoms with Crippen molar-refractivity contribution in [1.82, 2.24) is 0 Å². The molecule has 0 saturated carbocycles. The highest BCUT2D eigenvalue weighted by Crippen LogP contribution is 2.30. The van der Waals surface area contributed by atoms with Crippen LogP contribution < -0.4 is 5.32 Å². The molecule has 0 bridgehead atoms. The van der Waals surface area contributed by atoms with Crippen LogP contribution in [0.1, 0.15) is 27.2 Å². The van der Waals surface area contributed by atoms with Crippen molar-refractivity contribution in [2.75, 3.05) is 11.9 Å². The van der Waals surface area contributed by atoms with Crippen molar-refractivity contribution in [3.8, 4) is 0 Å². The second-order valence-corrected chi connectivity index (χ2v) is 6.07. The van der Waals surface area contributed by atoms with Crippen LogP contribution in [0.4, 0.5) is 15.8 Å². The van der Waals surface area contributed by atoms with Gasteiger partial charge in [0.25, 0.3) is 5.69 Å². The molecule has 0 radical (unpaired) electrons. The zero-order chi connectivity index (χ0) is 13.9. The third-order valence-corrected chi connectivity index (χ3v) is 3.78. The molecular weight excluding hydrogens is 350 g/mol. The van der Waals surface area contributed by atoms with Crippen LogP contribution in [-0.4, -0.2) is 11.5 Å². The van der Waals surface area contributed by atoms with E-state index in [2.05, 4.69) is 19.2 Å². The Balaban J connectivity index is 3.01. The summed E-state index contributed by atoms with van der Waals surface area (Å²) < 4.78 is 13.7. The maximum Gasteiger partial charge on any atom is 0.293 e. The van der Waals surface area contributed by atoms with E-state index < -0.39 is 10.7 Å². The largest absolute Gasteiger partial charge is 0.379 e. The first-order valence-corrected chi connectivity index (χ1v) is 6.72. The summed E-state index contributed by atoms with van der Waals surface area (Å²) in [5.41, 5.74) is 0.153. The second-order valence-electron chi connectivity index (χ2n) is 4.91. The standard InChI is InChI=1S/C12H16FIN2O2/c1-4-12(2,3)7-15-10-5-8(13)9(14)6-11(10)16(17)18/h5-6,15H,4,7H2,1-3H3. The molecule has 0 heterocycles. The lowest BCUT2D eigenvalue weighted by Gasteiger charge is -2.23. The molecule has 0 fully saturated rings. The maximum atomic E-state index is 13.5. The minimum atomic E-state index is -0.497. The molecule has 0 aliphatic rings. The normalized spacial score (nSPS) is 11.4. The van der Waals surface area contributed by atoms with Crippen LogP contribution in [0.15, 0.2) is 12.1 Å². The first-order valence-electron chi connectivity index (χ1n) is 5.64. The number of hydrogen-bond acceptors (Lipinski definition) is 3. The smallest absolute Gasteiger partial charge is 0.293 e. The van der Waals surface area contributed by atoms with Crippen molar-refractivity contribution in [3.63, 3.8) is 0 Å². The van der Waals surface area contributed by atoms with Gasteiger partial charge in [0, 0.05) is 18.7 Å². The fraction of sp³-hybridized carbons (Fsp3) is 0.500. The molecule has 6 heteroatoms. The van der Waals surface area contributed by atoms with Gasteiger partial charge < -0.3 is 5.32 Å². The maximum absolute atomic E-state index is 13.5. The van der Waals surface area contributed by atoms with E-state index in [-0.39, 0.29) is 20.4 Å². The first-order chi connectivity index (χ1) is 8.26. The molecule has 0 aliphatic carbocycles. The summed E-state index contributed by atoms with van der Waals surface area (Å²) in [6, 6.07) is 2.43. The van der Waals surface area contributed by atoms with Crippen LogP contribution in [0.2, 0.25) is 0 Å². The molecule has 0 atom stereocenters. The van der Waals surface area contributed by atoms with Crippen LogP contribution >= 0.6 is 22.6 Å². The van der Waals surface area contributed by atoms with Crippen molar-refractivity contribution >= 4 is 34.0 Å². The molecular formula is C12H16FIN2O2. The summed E-state index contributed by atoms with van der Waals surface area (Å²) in [4.78, 5) is 10.4. The van der Waals surface area contributed by atoms with E-state index >= 15 is 0 Å². The molecule has 1 N–H and O–H groups in total. The highest BCUT2D eigenvalue weighted by atomic mass is 127. The predicted molar refractivity (Wildman–Crippen MR) is 78.3 cm³/mol. The third kappa shape index (κ3) is 3.79. The lowest BCUT2D eigenvalue weighted by Crippen LogP contribution is -2.22. The van der Waals surface area contributed by atoms with Crippen molar-refractivity contribution < 1.29 is 9.31 Å². The van der Waals surface area contributed by atoms with E-state index in [9.17, 15) is 14.5 Å². The van der Waals surface area contributed by atoms with Crippen molar-refractivity contribution in [2.24, 2.45) is 5.41 Å². The van der Waals surface area contributed by atoms with Gasteiger partial charge in [0.15, 0.2) is 0 Å². The summed E-state index contributed by atoms with van der Waals surface area (Å²) in [5.74, 6) is -0.446. The lowest BCUT2D eigenvalue weighted by atomic mass is 9.90. The number of nitro groups is 1. The predicted octanol–water partition coefficient (Wildman–Crippen LogP) is 4.19. The van der Waals surface area contributed by atoms with Gasteiger partial charge >= 0.3 is 0 Å². The van der Waals surface area contributed by atoms with E-state index in [0.717, 1.165) is 6.42 Å². The van der Waals surface area contributed by atoms with Crippen molar-refractivity contribution in [2.45, 2.75) is 27.2 Å². The van der Waals surface area contributed by atoms with Crippen molar-refractivity contribution in [1.29, 1.82) is 0 Å². The monoisotopic (exact) mass is 366 g/mol. The number of anilines is 1. The Morgan fingerprint density at radius 2 is 2.11 bits per heavy atom. The summed E-state index contributed by atoms with van der Waals surface area (Å²) in [7, 11) is 0. The summed E-state index contributed by atoms with van der Waals surface area (Å²) in [6.07, 6.45) is 0.931. The average Bonchev–Trinajstić information content (AvgIpc) is 2.30. The van der Waals surface area contributed by atoms with Crippen LogP contribution in [0, 0.1) is 24.9 Å². The molecule has 0 aromatic heterocycles. The summed E-state index contributed by atoms with van der Waals surface area (Å²) in [6.45, 7) is 6.71. The number of hydrogen-bond donors (Lipinski definition) is 1. The molecule has 1 aromatic rings. The minimum Gasteiger partial charge on any atom is -0.379 e. The Morgan fingerprint density at radius 3 is 2.61 bits per heavy atom. The number of halogens is 2. The number of nitrogens with one attached hydrogen (secondary N) is 1. The van der Waals surface area contributed by atoms with E-state index in [1.807, 2.05) is 6.92 Å². The zero-order valence-corrected chi connectivity index (χ0v) is 12.7. The molecule has 0 saturated heterocycles. The average molecular weight is 366 g/mol. The van der Waals surface area contributed by atoms with Crippen LogP contribution in [0.25, 0.3) is 0 Å². The second kappa shape index (κ2) is 5.81. The van der Waals surface area contributed by atoms with Gasteiger partial charge in [0.1, 0.15) is 11.5 Å². The molecule has 1 aromatic carbocycles. The van der Waals surface area contributed by atoms with Crippen molar-refractivity contribution in [3.05, 3.63) is 31.6 Å². The number of nitrogens with zero attached hydrogens (tertiary/aromatic N) is 1. The van der Waals surface area contributed by atoms with Gasteiger partial charge in [-0.15, -0.1) is 0 Å². The Hall–Kier alpha value is -0.920. The molecule has 18 heavy (non-hydrogen) atoms. The lowest BCUT2D eigenvalue weighted by molar-refractivity contribution is -0.384. The Kier molecular flexibility index (Phi) is 4.89. The first kappa shape index (κ1) is 15.1. The van der Waals surface area contributed by atoms with Gasteiger partial charge in [0.05, 0.1) is 8.49 Å². The molecule has 100 valence electrons. The van der Waals surface area contributed by atoms with E-state index in [1.54, 1.807) is 22.6 Å². The van der Waals surface area contributed by atoms with Gasteiger partial charge in [-0.1, -0.05) is 20.8 Å². The van der Waals surface area contributed by atoms with Gasteiger partial charge in [-0.3, -0.25) is 10.1 Å². The number of rotatable bonds is 5. The molecule has 0 spiro atoms. The van der Waals surface area contributed by atoms with Gasteiger partial charge in [-0.2, -0.15) is 0 Å². The summed E-state index contributed by atoms with van der Waals surface area (Å²) >= 11 is 1.74. The van der Waals surface area contributed by atoms with E-state index in [0.29, 0.717) is 6.54 Å². The van der Waals surface area contributed by atoms with E-state index in [1.165, 1.54) is 12.1 Å². The fourth-order valence-electron chi connectivity index (χ4n) is 1.29. The van der Waals surface area contributed by atoms with Crippen LogP contribution in [-0.2, 0) is 0 Å². The zero-order valence-electron chi connectivity index (χ0n) is 10.6. The molecule has 1 rings (SSSR count). The number of nitro benzene ring substituents is 1. The molecule has 4 nitrogen and oxygen atoms in total. The van der Waals surface area contributed by atoms with Gasteiger partial charge in [-0.25, -0.2) is 4.39 Å². The fourth-order valence-corrected chi connectivity index (χ4v) is 1.74. The highest BCUT2D eigenvalue weighted by molar-refractivity contribution is 14.1. The Labute approximate surface area is 119 Å². The Morgan fingerprint density at radius 1 is 1.50 bits per heavy atom. The molecule has 0 amide bonds. The SMILES string of the molecule is CCC(C)(C)CNc1cc(F)c(I)cc1[N+](=O)[O-].